The molecule has 0 aliphatic carbocycles. The summed E-state index contributed by atoms with van der Waals surface area (Å²) in [4.78, 5) is 33.1. The summed E-state index contributed by atoms with van der Waals surface area (Å²) in [5.41, 5.74) is 1.18. The number of aromatic carboxylic acids is 1. The first-order chi connectivity index (χ1) is 17.8. The number of rotatable bonds is 6. The molecule has 0 saturated heterocycles. The molecule has 0 amide bonds. The molecule has 5 aromatic rings. The van der Waals surface area contributed by atoms with Crippen LogP contribution in [0.2, 0.25) is 5.02 Å². The molecular formula is C26H16ClFN4O4S. The number of pyridine rings is 1. The van der Waals surface area contributed by atoms with Gasteiger partial charge in [0.1, 0.15) is 35.6 Å². The van der Waals surface area contributed by atoms with Crippen LogP contribution in [0, 0.1) is 24.1 Å². The Morgan fingerprint density at radius 2 is 2.05 bits per heavy atom. The van der Waals surface area contributed by atoms with Crippen LogP contribution in [-0.4, -0.2) is 32.2 Å². The van der Waals surface area contributed by atoms with Gasteiger partial charge in [-0.3, -0.25) is 14.3 Å². The molecule has 0 saturated carbocycles. The highest BCUT2D eigenvalue weighted by Crippen LogP contribution is 2.39. The Morgan fingerprint density at radius 1 is 1.24 bits per heavy atom. The van der Waals surface area contributed by atoms with Gasteiger partial charge in [0.15, 0.2) is 0 Å². The van der Waals surface area contributed by atoms with E-state index in [0.717, 1.165) is 6.07 Å². The molecule has 11 heteroatoms. The smallest absolute Gasteiger partial charge is 0.338 e. The Kier molecular flexibility index (Phi) is 6.33. The summed E-state index contributed by atoms with van der Waals surface area (Å²) in [7, 11) is 0. The molecule has 3 aromatic heterocycles. The highest BCUT2D eigenvalue weighted by atomic mass is 35.5. The third-order valence-electron chi connectivity index (χ3n) is 5.86. The number of hydrogen-bond donors (Lipinski definition) is 1. The van der Waals surface area contributed by atoms with Gasteiger partial charge in [0.2, 0.25) is 0 Å². The minimum absolute atomic E-state index is 0.0435. The van der Waals surface area contributed by atoms with Gasteiger partial charge in [-0.1, -0.05) is 11.6 Å². The van der Waals surface area contributed by atoms with Crippen LogP contribution in [0.25, 0.3) is 32.2 Å². The predicted octanol–water partition coefficient (Wildman–Crippen LogP) is 5.42. The van der Waals surface area contributed by atoms with Gasteiger partial charge in [0, 0.05) is 27.7 Å². The van der Waals surface area contributed by atoms with Crippen LogP contribution in [0.3, 0.4) is 0 Å². The molecule has 2 aromatic carbocycles. The zero-order chi connectivity index (χ0) is 26.3. The van der Waals surface area contributed by atoms with Crippen molar-refractivity contribution in [2.24, 2.45) is 0 Å². The number of benzene rings is 2. The molecule has 0 spiro atoms. The number of aromatic nitrogens is 3. The van der Waals surface area contributed by atoms with E-state index in [1.807, 2.05) is 6.07 Å². The van der Waals surface area contributed by atoms with Gasteiger partial charge in [0.05, 0.1) is 33.3 Å². The van der Waals surface area contributed by atoms with Gasteiger partial charge < -0.3 is 9.84 Å². The molecule has 0 fully saturated rings. The van der Waals surface area contributed by atoms with E-state index in [4.69, 9.17) is 16.3 Å². The normalized spacial score (nSPS) is 11.1. The maximum atomic E-state index is 14.3. The molecule has 0 atom stereocenters. The van der Waals surface area contributed by atoms with Crippen molar-refractivity contribution in [3.8, 4) is 22.9 Å². The standard InChI is InChI=1S/C26H16ClFN4O4S/c1-13-31-23-19(28)4-2-14(11-29)21(23)25(33)32(13)8-9-36-20-5-3-15(27)10-17(20)16-6-7-30-22-18(26(34)35)12-37-24(16)22/h2-7,10,12H,8-9H2,1H3,(H,34,35). The molecule has 0 aliphatic rings. The first kappa shape index (κ1) is 24.4. The number of hydrogen-bond acceptors (Lipinski definition) is 7. The van der Waals surface area contributed by atoms with Gasteiger partial charge in [-0.25, -0.2) is 14.2 Å². The summed E-state index contributed by atoms with van der Waals surface area (Å²) in [6.45, 7) is 1.72. The monoisotopic (exact) mass is 534 g/mol. The van der Waals surface area contributed by atoms with Crippen molar-refractivity contribution in [3.05, 3.63) is 86.1 Å². The third-order valence-corrected chi connectivity index (χ3v) is 7.10. The third kappa shape index (κ3) is 4.28. The molecule has 3 heterocycles. The molecule has 184 valence electrons. The van der Waals surface area contributed by atoms with Crippen molar-refractivity contribution in [3.63, 3.8) is 0 Å². The summed E-state index contributed by atoms with van der Waals surface area (Å²) >= 11 is 7.53. The number of fused-ring (bicyclic) bond motifs is 2. The van der Waals surface area contributed by atoms with Gasteiger partial charge in [-0.15, -0.1) is 11.3 Å². The summed E-state index contributed by atoms with van der Waals surface area (Å²) in [6.07, 6.45) is 1.52. The van der Waals surface area contributed by atoms with E-state index >= 15 is 0 Å². The fourth-order valence-electron chi connectivity index (χ4n) is 4.13. The molecule has 5 rings (SSSR count). The molecular weight excluding hydrogens is 519 g/mol. The fraction of sp³-hybridized carbons (Fsp3) is 0.115. The average Bonchev–Trinajstić information content (AvgIpc) is 3.32. The van der Waals surface area contributed by atoms with Crippen molar-refractivity contribution in [2.45, 2.75) is 13.5 Å². The lowest BCUT2D eigenvalue weighted by molar-refractivity contribution is 0.0699. The lowest BCUT2D eigenvalue weighted by Gasteiger charge is -2.15. The van der Waals surface area contributed by atoms with Crippen molar-refractivity contribution in [2.75, 3.05) is 6.61 Å². The predicted molar refractivity (Wildman–Crippen MR) is 138 cm³/mol. The lowest BCUT2D eigenvalue weighted by atomic mass is 10.0. The van der Waals surface area contributed by atoms with E-state index in [1.54, 1.807) is 31.2 Å². The molecule has 0 radical (unpaired) electrons. The number of carbonyl (C=O) groups is 1. The van der Waals surface area contributed by atoms with Gasteiger partial charge >= 0.3 is 5.97 Å². The number of thiophene rings is 1. The summed E-state index contributed by atoms with van der Waals surface area (Å²) in [5, 5.41) is 20.8. The first-order valence-corrected chi connectivity index (χ1v) is 12.2. The number of ether oxygens (including phenoxy) is 1. The Morgan fingerprint density at radius 3 is 2.81 bits per heavy atom. The second-order valence-electron chi connectivity index (χ2n) is 8.03. The number of aryl methyl sites for hydroxylation is 1. The number of carboxylic acid groups (broad SMARTS) is 1. The summed E-state index contributed by atoms with van der Waals surface area (Å²) in [6, 6.07) is 11.1. The SMILES string of the molecule is Cc1nc2c(F)ccc(C#N)c2c(=O)n1CCOc1ccc(Cl)cc1-c1ccnc2c(C(=O)O)csc12. The van der Waals surface area contributed by atoms with Gasteiger partial charge in [0.25, 0.3) is 5.56 Å². The van der Waals surface area contributed by atoms with Crippen LogP contribution in [0.1, 0.15) is 21.7 Å². The molecule has 0 bridgehead atoms. The quantitative estimate of drug-likeness (QED) is 0.309. The number of halogens is 2. The second-order valence-corrected chi connectivity index (χ2v) is 9.34. The highest BCUT2D eigenvalue weighted by Gasteiger charge is 2.19. The molecule has 8 nitrogen and oxygen atoms in total. The van der Waals surface area contributed by atoms with Crippen molar-refractivity contribution in [1.82, 2.24) is 14.5 Å². The lowest BCUT2D eigenvalue weighted by Crippen LogP contribution is -2.27. The van der Waals surface area contributed by atoms with Crippen molar-refractivity contribution in [1.29, 1.82) is 5.26 Å². The van der Waals surface area contributed by atoms with E-state index in [0.29, 0.717) is 32.1 Å². The van der Waals surface area contributed by atoms with E-state index in [2.05, 4.69) is 9.97 Å². The Bertz CT molecular complexity index is 1830. The van der Waals surface area contributed by atoms with Crippen molar-refractivity contribution >= 4 is 50.0 Å². The maximum absolute atomic E-state index is 14.3. The number of nitriles is 1. The summed E-state index contributed by atoms with van der Waals surface area (Å²) < 4.78 is 22.3. The fourth-order valence-corrected chi connectivity index (χ4v) is 5.33. The van der Waals surface area contributed by atoms with E-state index in [-0.39, 0.29) is 41.0 Å². The van der Waals surface area contributed by atoms with E-state index in [1.165, 1.54) is 33.5 Å². The molecule has 1 N–H and O–H groups in total. The number of nitrogens with zero attached hydrogens (tertiary/aromatic N) is 4. The number of carboxylic acids is 1. The van der Waals surface area contributed by atoms with Crippen LogP contribution in [0.4, 0.5) is 4.39 Å². The maximum Gasteiger partial charge on any atom is 0.338 e. The molecule has 37 heavy (non-hydrogen) atoms. The highest BCUT2D eigenvalue weighted by molar-refractivity contribution is 7.18. The van der Waals surface area contributed by atoms with Crippen LogP contribution in [-0.2, 0) is 6.54 Å². The molecule has 0 unspecified atom stereocenters. The van der Waals surface area contributed by atoms with E-state index < -0.39 is 17.3 Å². The minimum atomic E-state index is -1.07. The second kappa shape index (κ2) is 9.61. The minimum Gasteiger partial charge on any atom is -0.491 e. The van der Waals surface area contributed by atoms with Gasteiger partial charge in [-0.2, -0.15) is 5.26 Å². The van der Waals surface area contributed by atoms with Crippen LogP contribution >= 0.6 is 22.9 Å². The largest absolute Gasteiger partial charge is 0.491 e. The van der Waals surface area contributed by atoms with Crippen molar-refractivity contribution < 1.29 is 19.0 Å². The van der Waals surface area contributed by atoms with Crippen LogP contribution in [0.15, 0.2) is 52.8 Å². The zero-order valence-corrected chi connectivity index (χ0v) is 20.7. The van der Waals surface area contributed by atoms with Gasteiger partial charge in [-0.05, 0) is 43.3 Å². The zero-order valence-electron chi connectivity index (χ0n) is 19.2. The Balaban J connectivity index is 1.50. The van der Waals surface area contributed by atoms with E-state index in [9.17, 15) is 24.3 Å². The first-order valence-electron chi connectivity index (χ1n) is 10.9. The topological polar surface area (TPSA) is 118 Å². The molecule has 0 aliphatic heterocycles. The Hall–Kier alpha value is -4.33. The van der Waals surface area contributed by atoms with Crippen LogP contribution in [0.5, 0.6) is 5.75 Å². The van der Waals surface area contributed by atoms with Crippen LogP contribution < -0.4 is 10.3 Å². The average molecular weight is 535 g/mol. The Labute approximate surface area is 217 Å². The summed E-state index contributed by atoms with van der Waals surface area (Å²) in [5.74, 6) is -0.998.